The van der Waals surface area contributed by atoms with Crippen LogP contribution in [0.1, 0.15) is 52.4 Å². The van der Waals surface area contributed by atoms with E-state index in [2.05, 4.69) is 24.1 Å². The predicted molar refractivity (Wildman–Crippen MR) is 69.8 cm³/mol. The Morgan fingerprint density at radius 2 is 2.06 bits per heavy atom. The number of piperidine rings is 1. The van der Waals surface area contributed by atoms with Gasteiger partial charge in [0.2, 0.25) is 5.91 Å². The summed E-state index contributed by atoms with van der Waals surface area (Å²) in [6.45, 7) is 6.18. The first-order chi connectivity index (χ1) is 8.16. The van der Waals surface area contributed by atoms with E-state index in [1.165, 1.54) is 25.7 Å². The molecule has 1 heterocycles. The average Bonchev–Trinajstić information content (AvgIpc) is 2.20. The zero-order chi connectivity index (χ0) is 12.3. The number of amides is 1. The van der Waals surface area contributed by atoms with Crippen molar-refractivity contribution in [3.05, 3.63) is 0 Å². The standard InChI is InChI=1S/C14H26N2O/c1-11(2)15-13-7-4-9-16(14(13)17)10-8-12-5-3-6-12/h11-13,15H,3-10H2,1-2H3. The van der Waals surface area contributed by atoms with E-state index in [1.54, 1.807) is 0 Å². The van der Waals surface area contributed by atoms with Gasteiger partial charge < -0.3 is 10.2 Å². The van der Waals surface area contributed by atoms with Crippen molar-refractivity contribution >= 4 is 5.91 Å². The quantitative estimate of drug-likeness (QED) is 0.796. The Bertz CT molecular complexity index is 261. The van der Waals surface area contributed by atoms with Crippen molar-refractivity contribution in [3.63, 3.8) is 0 Å². The molecule has 1 atom stereocenters. The fourth-order valence-electron chi connectivity index (χ4n) is 2.84. The molecule has 0 aromatic carbocycles. The lowest BCUT2D eigenvalue weighted by Gasteiger charge is -2.35. The van der Waals surface area contributed by atoms with E-state index in [9.17, 15) is 4.79 Å². The summed E-state index contributed by atoms with van der Waals surface area (Å²) in [5.41, 5.74) is 0. The van der Waals surface area contributed by atoms with Crippen LogP contribution < -0.4 is 5.32 Å². The van der Waals surface area contributed by atoms with Crippen LogP contribution in [0.4, 0.5) is 0 Å². The molecule has 2 rings (SSSR count). The van der Waals surface area contributed by atoms with Crippen LogP contribution in [0.5, 0.6) is 0 Å². The van der Waals surface area contributed by atoms with Gasteiger partial charge in [-0.1, -0.05) is 33.1 Å². The highest BCUT2D eigenvalue weighted by Crippen LogP contribution is 2.29. The van der Waals surface area contributed by atoms with Crippen LogP contribution in [0.3, 0.4) is 0 Å². The number of likely N-dealkylation sites (tertiary alicyclic amines) is 1. The van der Waals surface area contributed by atoms with Gasteiger partial charge in [0, 0.05) is 19.1 Å². The third-order valence-electron chi connectivity index (χ3n) is 4.10. The Balaban J connectivity index is 1.78. The largest absolute Gasteiger partial charge is 0.341 e. The Kier molecular flexibility index (Phi) is 4.43. The minimum atomic E-state index is 0.0742. The van der Waals surface area contributed by atoms with Crippen LogP contribution in [0, 0.1) is 5.92 Å². The summed E-state index contributed by atoms with van der Waals surface area (Å²) in [5, 5.41) is 3.39. The molecule has 98 valence electrons. The van der Waals surface area contributed by atoms with Crippen LogP contribution >= 0.6 is 0 Å². The van der Waals surface area contributed by atoms with Crippen molar-refractivity contribution in [2.75, 3.05) is 13.1 Å². The van der Waals surface area contributed by atoms with Crippen molar-refractivity contribution in [1.29, 1.82) is 0 Å². The molecule has 1 amide bonds. The highest BCUT2D eigenvalue weighted by Gasteiger charge is 2.29. The predicted octanol–water partition coefficient (Wildman–Crippen LogP) is 2.17. The van der Waals surface area contributed by atoms with Crippen molar-refractivity contribution in [2.45, 2.75) is 64.5 Å². The van der Waals surface area contributed by atoms with Crippen LogP contribution in [-0.2, 0) is 4.79 Å². The third kappa shape index (κ3) is 3.44. The van der Waals surface area contributed by atoms with Crippen LogP contribution in [-0.4, -0.2) is 36.0 Å². The minimum absolute atomic E-state index is 0.0742. The molecule has 1 aliphatic heterocycles. The highest BCUT2D eigenvalue weighted by molar-refractivity contribution is 5.82. The summed E-state index contributed by atoms with van der Waals surface area (Å²) in [7, 11) is 0. The molecule has 0 aromatic rings. The van der Waals surface area contributed by atoms with Gasteiger partial charge in [0.1, 0.15) is 0 Å². The van der Waals surface area contributed by atoms with Crippen LogP contribution in [0.15, 0.2) is 0 Å². The van der Waals surface area contributed by atoms with E-state index >= 15 is 0 Å². The van der Waals surface area contributed by atoms with Gasteiger partial charge in [-0.25, -0.2) is 0 Å². The molecule has 3 nitrogen and oxygen atoms in total. The lowest BCUT2D eigenvalue weighted by atomic mass is 9.83. The zero-order valence-corrected chi connectivity index (χ0v) is 11.2. The van der Waals surface area contributed by atoms with Gasteiger partial charge in [0.15, 0.2) is 0 Å². The van der Waals surface area contributed by atoms with Gasteiger partial charge in [-0.05, 0) is 25.2 Å². The smallest absolute Gasteiger partial charge is 0.239 e. The van der Waals surface area contributed by atoms with Crippen molar-refractivity contribution in [2.24, 2.45) is 5.92 Å². The maximum absolute atomic E-state index is 12.2. The first kappa shape index (κ1) is 12.9. The summed E-state index contributed by atoms with van der Waals surface area (Å²) < 4.78 is 0. The van der Waals surface area contributed by atoms with Gasteiger partial charge >= 0.3 is 0 Å². The fourth-order valence-corrected chi connectivity index (χ4v) is 2.84. The Hall–Kier alpha value is -0.570. The van der Waals surface area contributed by atoms with Gasteiger partial charge in [-0.15, -0.1) is 0 Å². The summed E-state index contributed by atoms with van der Waals surface area (Å²) in [6.07, 6.45) is 7.55. The summed E-state index contributed by atoms with van der Waals surface area (Å²) in [6, 6.07) is 0.473. The van der Waals surface area contributed by atoms with Crippen molar-refractivity contribution in [1.82, 2.24) is 10.2 Å². The fraction of sp³-hybridized carbons (Fsp3) is 0.929. The molecule has 1 aliphatic carbocycles. The van der Waals surface area contributed by atoms with E-state index in [0.717, 1.165) is 31.8 Å². The molecular weight excluding hydrogens is 212 g/mol. The van der Waals surface area contributed by atoms with Gasteiger partial charge in [-0.2, -0.15) is 0 Å². The molecule has 0 radical (unpaired) electrons. The summed E-state index contributed by atoms with van der Waals surface area (Å²) >= 11 is 0. The Morgan fingerprint density at radius 1 is 1.29 bits per heavy atom. The molecule has 0 spiro atoms. The van der Waals surface area contributed by atoms with Crippen molar-refractivity contribution in [3.8, 4) is 0 Å². The number of hydrogen-bond acceptors (Lipinski definition) is 2. The van der Waals surface area contributed by atoms with Gasteiger partial charge in [0.25, 0.3) is 0 Å². The molecule has 1 unspecified atom stereocenters. The molecule has 17 heavy (non-hydrogen) atoms. The summed E-state index contributed by atoms with van der Waals surface area (Å²) in [4.78, 5) is 14.3. The molecule has 0 aromatic heterocycles. The maximum Gasteiger partial charge on any atom is 0.239 e. The van der Waals surface area contributed by atoms with E-state index in [-0.39, 0.29) is 6.04 Å². The minimum Gasteiger partial charge on any atom is -0.341 e. The lowest BCUT2D eigenvalue weighted by Crippen LogP contribution is -2.52. The van der Waals surface area contributed by atoms with Gasteiger partial charge in [0.05, 0.1) is 6.04 Å². The number of rotatable bonds is 5. The molecule has 3 heteroatoms. The molecule has 2 aliphatic rings. The number of nitrogens with one attached hydrogen (secondary N) is 1. The third-order valence-corrected chi connectivity index (χ3v) is 4.10. The molecule has 0 bridgehead atoms. The van der Waals surface area contributed by atoms with Gasteiger partial charge in [-0.3, -0.25) is 4.79 Å². The number of nitrogens with zero attached hydrogens (tertiary/aromatic N) is 1. The molecule has 2 fully saturated rings. The van der Waals surface area contributed by atoms with Crippen LogP contribution in [0.2, 0.25) is 0 Å². The molecular formula is C14H26N2O. The second-order valence-corrected chi connectivity index (χ2v) is 5.93. The number of carbonyl (C=O) groups is 1. The lowest BCUT2D eigenvalue weighted by molar-refractivity contribution is -0.136. The topological polar surface area (TPSA) is 32.3 Å². The monoisotopic (exact) mass is 238 g/mol. The molecule has 1 saturated carbocycles. The zero-order valence-electron chi connectivity index (χ0n) is 11.2. The van der Waals surface area contributed by atoms with E-state index < -0.39 is 0 Å². The second-order valence-electron chi connectivity index (χ2n) is 5.93. The average molecular weight is 238 g/mol. The SMILES string of the molecule is CC(C)NC1CCCN(CCC2CCC2)C1=O. The van der Waals surface area contributed by atoms with Crippen molar-refractivity contribution < 1.29 is 4.79 Å². The first-order valence-corrected chi connectivity index (χ1v) is 7.21. The second kappa shape index (κ2) is 5.85. The normalized spacial score (nSPS) is 26.4. The van der Waals surface area contributed by atoms with Crippen LogP contribution in [0.25, 0.3) is 0 Å². The van der Waals surface area contributed by atoms with E-state index in [1.807, 2.05) is 0 Å². The Labute approximate surface area is 105 Å². The maximum atomic E-state index is 12.2. The first-order valence-electron chi connectivity index (χ1n) is 7.21. The summed E-state index contributed by atoms with van der Waals surface area (Å²) in [5.74, 6) is 1.24. The Morgan fingerprint density at radius 3 is 2.65 bits per heavy atom. The van der Waals surface area contributed by atoms with E-state index in [0.29, 0.717) is 11.9 Å². The number of carbonyl (C=O) groups excluding carboxylic acids is 1. The molecule has 1 saturated heterocycles. The highest BCUT2D eigenvalue weighted by atomic mass is 16.2. The number of hydrogen-bond donors (Lipinski definition) is 1. The molecule has 1 N–H and O–H groups in total. The van der Waals surface area contributed by atoms with E-state index in [4.69, 9.17) is 0 Å².